The summed E-state index contributed by atoms with van der Waals surface area (Å²) >= 11 is 0. The van der Waals surface area contributed by atoms with Crippen molar-refractivity contribution >= 4 is 43.7 Å². The van der Waals surface area contributed by atoms with Crippen LogP contribution in [0.1, 0.15) is 0 Å². The Morgan fingerprint density at radius 2 is 0.893 bits per heavy atom. The van der Waals surface area contributed by atoms with E-state index in [1.165, 1.54) is 10.8 Å². The number of para-hydroxylation sites is 2. The Morgan fingerprint density at radius 1 is 0.339 bits per heavy atom. The Morgan fingerprint density at radius 3 is 1.68 bits per heavy atom. The monoisotopic (exact) mass is 716 g/mol. The molecule has 11 aromatic rings. The molecule has 0 spiro atoms. The van der Waals surface area contributed by atoms with E-state index in [-0.39, 0.29) is 0 Å². The predicted molar refractivity (Wildman–Crippen MR) is 229 cm³/mol. The summed E-state index contributed by atoms with van der Waals surface area (Å²) in [6.07, 6.45) is 0. The van der Waals surface area contributed by atoms with Crippen molar-refractivity contribution in [3.8, 4) is 62.1 Å². The van der Waals surface area contributed by atoms with Crippen LogP contribution in [-0.4, -0.2) is 19.5 Å². The number of nitrogens with zero attached hydrogens (tertiary/aromatic N) is 4. The second-order valence-corrected chi connectivity index (χ2v) is 14.0. The molecular formula is C51H32N4O. The molecule has 8 aromatic carbocycles. The topological polar surface area (TPSA) is 56.7 Å². The summed E-state index contributed by atoms with van der Waals surface area (Å²) in [7, 11) is 0. The number of fused-ring (bicyclic) bond motifs is 6. The Kier molecular flexibility index (Phi) is 7.42. The molecule has 262 valence electrons. The van der Waals surface area contributed by atoms with Crippen molar-refractivity contribution in [2.75, 3.05) is 0 Å². The van der Waals surface area contributed by atoms with Crippen LogP contribution < -0.4 is 0 Å². The number of hydrogen-bond acceptors (Lipinski definition) is 4. The minimum Gasteiger partial charge on any atom is -0.456 e. The summed E-state index contributed by atoms with van der Waals surface area (Å²) in [6.45, 7) is 0. The van der Waals surface area contributed by atoms with Crippen molar-refractivity contribution in [3.63, 3.8) is 0 Å². The molecule has 11 rings (SSSR count). The number of benzene rings is 8. The molecule has 0 radical (unpaired) electrons. The second kappa shape index (κ2) is 13.0. The van der Waals surface area contributed by atoms with Crippen molar-refractivity contribution in [1.82, 2.24) is 19.5 Å². The smallest absolute Gasteiger partial charge is 0.164 e. The van der Waals surface area contributed by atoms with Crippen LogP contribution in [-0.2, 0) is 0 Å². The molecule has 0 aliphatic carbocycles. The standard InChI is InChI=1S/C51H32N4O/c1-3-13-33(14-4-1)37-17-11-18-38(31-37)51-53-49(35-15-5-2-6-16-35)52-50(54-51)36-27-25-34(26-28-36)40-21-12-23-45-48(40)42-20-7-9-22-44(42)55(45)39-29-30-47-43(32-39)41-19-8-10-24-46(41)56-47/h1-32H. The first-order chi connectivity index (χ1) is 27.7. The fourth-order valence-corrected chi connectivity index (χ4v) is 8.01. The van der Waals surface area contributed by atoms with E-state index in [1.807, 2.05) is 48.5 Å². The summed E-state index contributed by atoms with van der Waals surface area (Å²) < 4.78 is 8.54. The quantitative estimate of drug-likeness (QED) is 0.172. The maximum atomic E-state index is 6.18. The van der Waals surface area contributed by atoms with Gasteiger partial charge in [0.1, 0.15) is 11.2 Å². The molecule has 0 fully saturated rings. The molecule has 0 saturated carbocycles. The minimum atomic E-state index is 0.627. The molecule has 0 N–H and O–H groups in total. The van der Waals surface area contributed by atoms with Gasteiger partial charge in [0, 0.05) is 43.9 Å². The van der Waals surface area contributed by atoms with Crippen molar-refractivity contribution in [1.29, 1.82) is 0 Å². The van der Waals surface area contributed by atoms with E-state index in [9.17, 15) is 0 Å². The third kappa shape index (κ3) is 5.37. The SMILES string of the molecule is c1ccc(-c2cccc(-c3nc(-c4ccccc4)nc(-c4ccc(-c5cccc6c5c5ccccc5n6-c5ccc6oc7ccccc7c6c5)cc4)n3)c2)cc1. The van der Waals surface area contributed by atoms with Gasteiger partial charge in [-0.15, -0.1) is 0 Å². The Bertz CT molecular complexity index is 3240. The lowest BCUT2D eigenvalue weighted by Gasteiger charge is -2.11. The van der Waals surface area contributed by atoms with Crippen molar-refractivity contribution in [3.05, 3.63) is 194 Å². The van der Waals surface area contributed by atoms with Gasteiger partial charge >= 0.3 is 0 Å². The summed E-state index contributed by atoms with van der Waals surface area (Å²) in [5.41, 5.74) is 12.5. The zero-order valence-electron chi connectivity index (χ0n) is 30.2. The Balaban J connectivity index is 1.03. The van der Waals surface area contributed by atoms with Crippen molar-refractivity contribution < 1.29 is 4.42 Å². The fraction of sp³-hybridized carbons (Fsp3) is 0. The van der Waals surface area contributed by atoms with Crippen LogP contribution in [0, 0.1) is 0 Å². The van der Waals surface area contributed by atoms with E-state index < -0.39 is 0 Å². The molecule has 0 bridgehead atoms. The lowest BCUT2D eigenvalue weighted by Crippen LogP contribution is -2.00. The first-order valence-electron chi connectivity index (χ1n) is 18.8. The van der Waals surface area contributed by atoms with E-state index >= 15 is 0 Å². The molecule has 56 heavy (non-hydrogen) atoms. The highest BCUT2D eigenvalue weighted by Crippen LogP contribution is 2.40. The van der Waals surface area contributed by atoms with Crippen molar-refractivity contribution in [2.24, 2.45) is 0 Å². The molecular weight excluding hydrogens is 685 g/mol. The highest BCUT2D eigenvalue weighted by Gasteiger charge is 2.18. The van der Waals surface area contributed by atoms with Crippen LogP contribution in [0.3, 0.4) is 0 Å². The van der Waals surface area contributed by atoms with Crippen LogP contribution in [0.4, 0.5) is 0 Å². The maximum absolute atomic E-state index is 6.18. The average molecular weight is 717 g/mol. The fourth-order valence-electron chi connectivity index (χ4n) is 8.01. The molecule has 3 aromatic heterocycles. The van der Waals surface area contributed by atoms with Gasteiger partial charge in [0.15, 0.2) is 17.5 Å². The highest BCUT2D eigenvalue weighted by molar-refractivity contribution is 6.16. The van der Waals surface area contributed by atoms with Gasteiger partial charge in [-0.2, -0.15) is 0 Å². The highest BCUT2D eigenvalue weighted by atomic mass is 16.3. The number of rotatable bonds is 6. The van der Waals surface area contributed by atoms with E-state index in [4.69, 9.17) is 19.4 Å². The first-order valence-corrected chi connectivity index (χ1v) is 18.8. The summed E-state index contributed by atoms with van der Waals surface area (Å²) in [6, 6.07) is 67.5. The van der Waals surface area contributed by atoms with E-state index in [1.54, 1.807) is 0 Å². The molecule has 5 heteroatoms. The Hall–Kier alpha value is -7.63. The van der Waals surface area contributed by atoms with Gasteiger partial charge in [0.2, 0.25) is 0 Å². The van der Waals surface area contributed by atoms with Gasteiger partial charge in [-0.25, -0.2) is 15.0 Å². The predicted octanol–water partition coefficient (Wildman–Crippen LogP) is 13.2. The molecule has 5 nitrogen and oxygen atoms in total. The Labute approximate surface area is 322 Å². The summed E-state index contributed by atoms with van der Waals surface area (Å²) in [4.78, 5) is 15.1. The van der Waals surface area contributed by atoms with Gasteiger partial charge in [0.25, 0.3) is 0 Å². The largest absolute Gasteiger partial charge is 0.456 e. The molecule has 0 atom stereocenters. The molecule has 0 aliphatic rings. The van der Waals surface area contributed by atoms with Crippen LogP contribution in [0.15, 0.2) is 199 Å². The van der Waals surface area contributed by atoms with Crippen LogP contribution >= 0.6 is 0 Å². The maximum Gasteiger partial charge on any atom is 0.164 e. The zero-order chi connectivity index (χ0) is 37.0. The average Bonchev–Trinajstić information content (AvgIpc) is 3.82. The normalized spacial score (nSPS) is 11.6. The summed E-state index contributed by atoms with van der Waals surface area (Å²) in [5.74, 6) is 1.90. The van der Waals surface area contributed by atoms with E-state index in [0.29, 0.717) is 17.5 Å². The van der Waals surface area contributed by atoms with Crippen LogP contribution in [0.2, 0.25) is 0 Å². The molecule has 0 saturated heterocycles. The van der Waals surface area contributed by atoms with Gasteiger partial charge < -0.3 is 8.98 Å². The first kappa shape index (κ1) is 31.9. The van der Waals surface area contributed by atoms with Crippen LogP contribution in [0.5, 0.6) is 0 Å². The molecule has 0 unspecified atom stereocenters. The van der Waals surface area contributed by atoms with Crippen molar-refractivity contribution in [2.45, 2.75) is 0 Å². The van der Waals surface area contributed by atoms with Gasteiger partial charge in [-0.3, -0.25) is 0 Å². The van der Waals surface area contributed by atoms with E-state index in [2.05, 4.69) is 150 Å². The number of hydrogen-bond donors (Lipinski definition) is 0. The molecule has 3 heterocycles. The molecule has 0 aliphatic heterocycles. The zero-order valence-corrected chi connectivity index (χ0v) is 30.2. The number of furan rings is 1. The minimum absolute atomic E-state index is 0.627. The summed E-state index contributed by atoms with van der Waals surface area (Å²) in [5, 5.41) is 4.64. The van der Waals surface area contributed by atoms with Gasteiger partial charge in [-0.05, 0) is 64.7 Å². The number of aromatic nitrogens is 4. The lowest BCUT2D eigenvalue weighted by atomic mass is 9.98. The van der Waals surface area contributed by atoms with Gasteiger partial charge in [-0.1, -0.05) is 152 Å². The second-order valence-electron chi connectivity index (χ2n) is 14.0. The van der Waals surface area contributed by atoms with Gasteiger partial charge in [0.05, 0.1) is 11.0 Å². The third-order valence-electron chi connectivity index (χ3n) is 10.7. The third-order valence-corrected chi connectivity index (χ3v) is 10.7. The molecule has 0 amide bonds. The van der Waals surface area contributed by atoms with E-state index in [0.717, 1.165) is 77.6 Å². The lowest BCUT2D eigenvalue weighted by molar-refractivity contribution is 0.669. The van der Waals surface area contributed by atoms with Crippen LogP contribution in [0.25, 0.3) is 106 Å².